The standard InChI is InChI=1S/C19H24O3Si/c1-14(20)22-13-18(12-15-8-6-5-7-9-15)17-16(21)10-11-19(17,18)23(2,3)4/h5-11,17H,12-13H2,1-4H3/t17?,18?,19-/m0/s1. The SMILES string of the molecule is CC(=O)OCC1(Cc2ccccc2)C2C(=O)C=C[C@]21[Si](C)(C)C. The first-order chi connectivity index (χ1) is 10.7. The lowest BCUT2D eigenvalue weighted by Gasteiger charge is -2.32. The second-order valence-corrected chi connectivity index (χ2v) is 13.2. The van der Waals surface area contributed by atoms with Gasteiger partial charge in [0.2, 0.25) is 0 Å². The number of carbonyl (C=O) groups excluding carboxylic acids is 2. The molecule has 3 nitrogen and oxygen atoms in total. The van der Waals surface area contributed by atoms with Crippen LogP contribution >= 0.6 is 0 Å². The molecule has 2 aliphatic rings. The number of benzene rings is 1. The molecule has 1 saturated carbocycles. The molecule has 0 aliphatic heterocycles. The van der Waals surface area contributed by atoms with E-state index in [1.54, 1.807) is 6.08 Å². The van der Waals surface area contributed by atoms with Crippen molar-refractivity contribution in [3.63, 3.8) is 0 Å². The van der Waals surface area contributed by atoms with Crippen molar-refractivity contribution in [1.29, 1.82) is 0 Å². The molecule has 0 saturated heterocycles. The van der Waals surface area contributed by atoms with Crippen LogP contribution in [0.2, 0.25) is 24.7 Å². The van der Waals surface area contributed by atoms with E-state index in [1.807, 2.05) is 18.2 Å². The van der Waals surface area contributed by atoms with Crippen LogP contribution in [0.4, 0.5) is 0 Å². The Labute approximate surface area is 138 Å². The Morgan fingerprint density at radius 1 is 1.22 bits per heavy atom. The van der Waals surface area contributed by atoms with Crippen LogP contribution in [0.1, 0.15) is 12.5 Å². The molecule has 2 unspecified atom stereocenters. The fourth-order valence-electron chi connectivity index (χ4n) is 4.81. The number of hydrogen-bond donors (Lipinski definition) is 0. The zero-order chi connectivity index (χ0) is 16.9. The summed E-state index contributed by atoms with van der Waals surface area (Å²) in [5.74, 6) is -0.0960. The lowest BCUT2D eigenvalue weighted by Crippen LogP contribution is -2.35. The van der Waals surface area contributed by atoms with E-state index in [-0.39, 0.29) is 28.1 Å². The van der Waals surface area contributed by atoms with E-state index >= 15 is 0 Å². The summed E-state index contributed by atoms with van der Waals surface area (Å²) in [6.07, 6.45) is 4.67. The van der Waals surface area contributed by atoms with Gasteiger partial charge in [-0.3, -0.25) is 9.59 Å². The monoisotopic (exact) mass is 328 g/mol. The zero-order valence-electron chi connectivity index (χ0n) is 14.3. The van der Waals surface area contributed by atoms with Crippen LogP contribution in [-0.4, -0.2) is 26.4 Å². The van der Waals surface area contributed by atoms with Gasteiger partial charge in [0.15, 0.2) is 5.78 Å². The number of allylic oxidation sites excluding steroid dienone is 2. The van der Waals surface area contributed by atoms with E-state index in [4.69, 9.17) is 4.74 Å². The number of ketones is 1. The van der Waals surface area contributed by atoms with Crippen LogP contribution in [0.3, 0.4) is 0 Å². The first-order valence-corrected chi connectivity index (χ1v) is 11.6. The van der Waals surface area contributed by atoms with Crippen molar-refractivity contribution in [2.75, 3.05) is 6.61 Å². The van der Waals surface area contributed by atoms with Gasteiger partial charge in [0, 0.05) is 23.3 Å². The Morgan fingerprint density at radius 3 is 2.39 bits per heavy atom. The smallest absolute Gasteiger partial charge is 0.302 e. The molecule has 0 radical (unpaired) electrons. The van der Waals surface area contributed by atoms with Crippen LogP contribution in [0.15, 0.2) is 42.5 Å². The number of hydrogen-bond acceptors (Lipinski definition) is 3. The highest BCUT2D eigenvalue weighted by molar-refractivity contribution is 6.81. The first kappa shape index (κ1) is 16.2. The van der Waals surface area contributed by atoms with Gasteiger partial charge in [-0.15, -0.1) is 0 Å². The van der Waals surface area contributed by atoms with Gasteiger partial charge in [-0.25, -0.2) is 0 Å². The van der Waals surface area contributed by atoms with E-state index in [9.17, 15) is 9.59 Å². The third-order valence-corrected chi connectivity index (χ3v) is 9.12. The third-order valence-electron chi connectivity index (χ3n) is 5.68. The van der Waals surface area contributed by atoms with Gasteiger partial charge in [-0.05, 0) is 18.1 Å². The molecule has 122 valence electrons. The summed E-state index contributed by atoms with van der Waals surface area (Å²) in [6, 6.07) is 10.2. The summed E-state index contributed by atoms with van der Waals surface area (Å²) in [5.41, 5.74) is 0.934. The summed E-state index contributed by atoms with van der Waals surface area (Å²) >= 11 is 0. The molecule has 23 heavy (non-hydrogen) atoms. The van der Waals surface area contributed by atoms with Crippen molar-refractivity contribution >= 4 is 19.8 Å². The van der Waals surface area contributed by atoms with Crippen molar-refractivity contribution in [3.8, 4) is 0 Å². The minimum atomic E-state index is -1.68. The average molecular weight is 328 g/mol. The van der Waals surface area contributed by atoms with Gasteiger partial charge in [-0.1, -0.05) is 56.0 Å². The second-order valence-electron chi connectivity index (χ2n) is 7.89. The Bertz CT molecular complexity index is 674. The molecule has 4 heteroatoms. The van der Waals surface area contributed by atoms with Crippen LogP contribution in [0.25, 0.3) is 0 Å². The van der Waals surface area contributed by atoms with Crippen LogP contribution in [-0.2, 0) is 20.7 Å². The normalized spacial score (nSPS) is 31.8. The maximum Gasteiger partial charge on any atom is 0.302 e. The fraction of sp³-hybridized carbons (Fsp3) is 0.474. The molecule has 3 rings (SSSR count). The van der Waals surface area contributed by atoms with E-state index in [1.165, 1.54) is 12.5 Å². The Morgan fingerprint density at radius 2 is 1.87 bits per heavy atom. The maximum absolute atomic E-state index is 12.5. The minimum absolute atomic E-state index is 0.0266. The molecule has 1 aromatic carbocycles. The van der Waals surface area contributed by atoms with Gasteiger partial charge >= 0.3 is 5.97 Å². The largest absolute Gasteiger partial charge is 0.465 e. The Hall–Kier alpha value is -1.68. The zero-order valence-corrected chi connectivity index (χ0v) is 15.3. The molecule has 1 aromatic rings. The van der Waals surface area contributed by atoms with E-state index in [0.29, 0.717) is 6.61 Å². The van der Waals surface area contributed by atoms with Crippen molar-refractivity contribution in [1.82, 2.24) is 0 Å². The highest BCUT2D eigenvalue weighted by atomic mass is 28.3. The molecule has 3 atom stereocenters. The molecule has 0 heterocycles. The Kier molecular flexibility index (Phi) is 3.63. The lowest BCUT2D eigenvalue weighted by atomic mass is 9.90. The molecule has 0 spiro atoms. The molecule has 1 fully saturated rings. The molecular weight excluding hydrogens is 304 g/mol. The summed E-state index contributed by atoms with van der Waals surface area (Å²) in [6.45, 7) is 8.70. The van der Waals surface area contributed by atoms with Crippen LogP contribution in [0, 0.1) is 11.3 Å². The molecule has 0 amide bonds. The summed E-state index contributed by atoms with van der Waals surface area (Å²) in [7, 11) is -1.68. The van der Waals surface area contributed by atoms with Gasteiger partial charge in [0.25, 0.3) is 0 Å². The Balaban J connectivity index is 2.02. The second kappa shape index (κ2) is 5.16. The van der Waals surface area contributed by atoms with Crippen LogP contribution < -0.4 is 0 Å². The predicted molar refractivity (Wildman–Crippen MR) is 92.9 cm³/mol. The van der Waals surface area contributed by atoms with Crippen LogP contribution in [0.5, 0.6) is 0 Å². The number of fused-ring (bicyclic) bond motifs is 1. The maximum atomic E-state index is 12.5. The molecule has 0 bridgehead atoms. The average Bonchev–Trinajstić information content (AvgIpc) is 2.87. The number of carbonyl (C=O) groups is 2. The van der Waals surface area contributed by atoms with E-state index in [2.05, 4.69) is 37.8 Å². The van der Waals surface area contributed by atoms with Crippen molar-refractivity contribution in [2.45, 2.75) is 38.0 Å². The van der Waals surface area contributed by atoms with Gasteiger partial charge in [-0.2, -0.15) is 0 Å². The highest BCUT2D eigenvalue weighted by Gasteiger charge is 2.82. The van der Waals surface area contributed by atoms with Gasteiger partial charge in [0.05, 0.1) is 14.7 Å². The highest BCUT2D eigenvalue weighted by Crippen LogP contribution is 2.83. The quantitative estimate of drug-likeness (QED) is 0.612. The number of rotatable bonds is 5. The summed E-state index contributed by atoms with van der Waals surface area (Å²) in [5, 5.41) is -0.0949. The molecule has 0 aromatic heterocycles. The van der Waals surface area contributed by atoms with Crippen molar-refractivity contribution in [2.24, 2.45) is 11.3 Å². The predicted octanol–water partition coefficient (Wildman–Crippen LogP) is 3.63. The summed E-state index contributed by atoms with van der Waals surface area (Å²) in [4.78, 5) is 23.9. The van der Waals surface area contributed by atoms with Crippen molar-refractivity contribution in [3.05, 3.63) is 48.0 Å². The lowest BCUT2D eigenvalue weighted by molar-refractivity contribution is -0.143. The number of ether oxygens (including phenoxy) is 1. The van der Waals surface area contributed by atoms with Gasteiger partial charge < -0.3 is 4.74 Å². The van der Waals surface area contributed by atoms with Gasteiger partial charge in [0.1, 0.15) is 0 Å². The first-order valence-electron chi connectivity index (χ1n) is 8.15. The van der Waals surface area contributed by atoms with E-state index in [0.717, 1.165) is 6.42 Å². The third kappa shape index (κ3) is 2.23. The summed E-state index contributed by atoms with van der Waals surface area (Å²) < 4.78 is 5.44. The van der Waals surface area contributed by atoms with Crippen molar-refractivity contribution < 1.29 is 14.3 Å². The molecular formula is C19H24O3Si. The topological polar surface area (TPSA) is 43.4 Å². The fourth-order valence-corrected chi connectivity index (χ4v) is 8.41. The van der Waals surface area contributed by atoms with E-state index < -0.39 is 8.07 Å². The minimum Gasteiger partial charge on any atom is -0.465 e. The molecule has 2 aliphatic carbocycles. The molecule has 0 N–H and O–H groups in total. The number of esters is 1.